The van der Waals surface area contributed by atoms with Crippen LogP contribution in [0.25, 0.3) is 0 Å². The second-order valence-electron chi connectivity index (χ2n) is 4.55. The molecule has 0 aliphatic carbocycles. The Hall–Kier alpha value is -1.88. The van der Waals surface area contributed by atoms with Crippen molar-refractivity contribution in [3.05, 3.63) is 70.5 Å². The summed E-state index contributed by atoms with van der Waals surface area (Å²) in [6.45, 7) is 1.71. The molecule has 1 N–H and O–H groups in total. The molecule has 106 valence electrons. The topological polar surface area (TPSA) is 20.2 Å². The zero-order chi connectivity index (χ0) is 14.9. The molecule has 0 fully saturated rings. The summed E-state index contributed by atoms with van der Waals surface area (Å²) in [6, 6.07) is 8.34. The lowest BCUT2D eigenvalue weighted by atomic mass is 9.99. The maximum absolute atomic E-state index is 13.7. The standard InChI is InChI=1S/C15H12F4O/c1-9-2-7-12(13(16)8-9)14(20)10-3-5-11(6-4-10)15(17,18)19/h2-8,14,20H,1H3. The molecule has 2 aromatic carbocycles. The molecule has 1 unspecified atom stereocenters. The van der Waals surface area contributed by atoms with E-state index in [2.05, 4.69) is 0 Å². The normalized spacial score (nSPS) is 13.3. The highest BCUT2D eigenvalue weighted by Gasteiger charge is 2.30. The Bertz CT molecular complexity index is 602. The van der Waals surface area contributed by atoms with E-state index in [0.29, 0.717) is 5.56 Å². The fourth-order valence-corrected chi connectivity index (χ4v) is 1.89. The number of hydrogen-bond acceptors (Lipinski definition) is 1. The summed E-state index contributed by atoms with van der Waals surface area (Å²) >= 11 is 0. The fourth-order valence-electron chi connectivity index (χ4n) is 1.89. The number of hydrogen-bond donors (Lipinski definition) is 1. The first kappa shape index (κ1) is 14.5. The van der Waals surface area contributed by atoms with Crippen molar-refractivity contribution >= 4 is 0 Å². The Balaban J connectivity index is 2.31. The van der Waals surface area contributed by atoms with E-state index in [-0.39, 0.29) is 11.1 Å². The van der Waals surface area contributed by atoms with Gasteiger partial charge in [0.05, 0.1) is 5.56 Å². The SMILES string of the molecule is Cc1ccc(C(O)c2ccc(C(F)(F)F)cc2)c(F)c1. The van der Waals surface area contributed by atoms with Crippen molar-refractivity contribution in [1.29, 1.82) is 0 Å². The molecule has 2 aromatic rings. The Labute approximate surface area is 113 Å². The van der Waals surface area contributed by atoms with Crippen molar-refractivity contribution < 1.29 is 22.7 Å². The average molecular weight is 284 g/mol. The Kier molecular flexibility index (Phi) is 3.81. The van der Waals surface area contributed by atoms with E-state index < -0.39 is 23.7 Å². The van der Waals surface area contributed by atoms with E-state index in [1.807, 2.05) is 0 Å². The Morgan fingerprint density at radius 3 is 2.10 bits per heavy atom. The van der Waals surface area contributed by atoms with Gasteiger partial charge in [-0.15, -0.1) is 0 Å². The summed E-state index contributed by atoms with van der Waals surface area (Å²) in [5.74, 6) is -0.586. The van der Waals surface area contributed by atoms with E-state index in [1.54, 1.807) is 13.0 Å². The van der Waals surface area contributed by atoms with Crippen LogP contribution in [0.2, 0.25) is 0 Å². The molecule has 5 heteroatoms. The molecule has 0 aliphatic rings. The van der Waals surface area contributed by atoms with E-state index >= 15 is 0 Å². The molecular weight excluding hydrogens is 272 g/mol. The smallest absolute Gasteiger partial charge is 0.384 e. The summed E-state index contributed by atoms with van der Waals surface area (Å²) < 4.78 is 51.0. The molecule has 0 amide bonds. The molecule has 0 spiro atoms. The lowest BCUT2D eigenvalue weighted by Crippen LogP contribution is -2.07. The molecular formula is C15H12F4O. The monoisotopic (exact) mass is 284 g/mol. The van der Waals surface area contributed by atoms with E-state index in [9.17, 15) is 22.7 Å². The van der Waals surface area contributed by atoms with E-state index in [4.69, 9.17) is 0 Å². The molecule has 0 heterocycles. The number of aryl methyl sites for hydroxylation is 1. The molecule has 0 aromatic heterocycles. The molecule has 1 atom stereocenters. The van der Waals surface area contributed by atoms with Crippen LogP contribution in [-0.2, 0) is 6.18 Å². The van der Waals surface area contributed by atoms with Crippen molar-refractivity contribution in [2.24, 2.45) is 0 Å². The van der Waals surface area contributed by atoms with Crippen LogP contribution in [0.4, 0.5) is 17.6 Å². The summed E-state index contributed by atoms with van der Waals surface area (Å²) in [7, 11) is 0. The summed E-state index contributed by atoms with van der Waals surface area (Å²) in [6.07, 6.45) is -5.73. The minimum atomic E-state index is -4.43. The van der Waals surface area contributed by atoms with Crippen LogP contribution in [0.5, 0.6) is 0 Å². The third kappa shape index (κ3) is 2.99. The van der Waals surface area contributed by atoms with Crippen molar-refractivity contribution in [3.8, 4) is 0 Å². The van der Waals surface area contributed by atoms with Gasteiger partial charge in [0, 0.05) is 5.56 Å². The van der Waals surface area contributed by atoms with Crippen LogP contribution >= 0.6 is 0 Å². The second kappa shape index (κ2) is 5.25. The maximum atomic E-state index is 13.7. The molecule has 1 nitrogen and oxygen atoms in total. The summed E-state index contributed by atoms with van der Waals surface area (Å²) in [4.78, 5) is 0. The predicted octanol–water partition coefficient (Wildman–Crippen LogP) is 4.23. The zero-order valence-corrected chi connectivity index (χ0v) is 10.6. The van der Waals surface area contributed by atoms with Crippen LogP contribution in [0.3, 0.4) is 0 Å². The molecule has 2 rings (SSSR count). The Morgan fingerprint density at radius 1 is 1.00 bits per heavy atom. The van der Waals surface area contributed by atoms with E-state index in [0.717, 1.165) is 24.3 Å². The number of halogens is 4. The van der Waals surface area contributed by atoms with Gasteiger partial charge in [0.2, 0.25) is 0 Å². The average Bonchev–Trinajstić information content (AvgIpc) is 2.37. The predicted molar refractivity (Wildman–Crippen MR) is 66.6 cm³/mol. The first-order valence-corrected chi connectivity index (χ1v) is 5.90. The first-order chi connectivity index (χ1) is 9.29. The quantitative estimate of drug-likeness (QED) is 0.818. The third-order valence-corrected chi connectivity index (χ3v) is 3.00. The minimum absolute atomic E-state index is 0.0374. The fraction of sp³-hybridized carbons (Fsp3) is 0.200. The first-order valence-electron chi connectivity index (χ1n) is 5.90. The highest BCUT2D eigenvalue weighted by molar-refractivity contribution is 5.34. The van der Waals surface area contributed by atoms with Crippen molar-refractivity contribution in [2.45, 2.75) is 19.2 Å². The van der Waals surface area contributed by atoms with Gasteiger partial charge < -0.3 is 5.11 Å². The van der Waals surface area contributed by atoms with Gasteiger partial charge in [0.1, 0.15) is 11.9 Å². The third-order valence-electron chi connectivity index (χ3n) is 3.00. The largest absolute Gasteiger partial charge is 0.416 e. The van der Waals surface area contributed by atoms with Crippen molar-refractivity contribution in [2.75, 3.05) is 0 Å². The Morgan fingerprint density at radius 2 is 1.60 bits per heavy atom. The summed E-state index contributed by atoms with van der Waals surface area (Å²) in [5, 5.41) is 10.0. The van der Waals surface area contributed by atoms with Crippen LogP contribution in [0, 0.1) is 12.7 Å². The van der Waals surface area contributed by atoms with Crippen LogP contribution < -0.4 is 0 Å². The van der Waals surface area contributed by atoms with Gasteiger partial charge in [-0.3, -0.25) is 0 Å². The lowest BCUT2D eigenvalue weighted by molar-refractivity contribution is -0.137. The number of alkyl halides is 3. The summed E-state index contributed by atoms with van der Waals surface area (Å²) in [5.41, 5.74) is 0.139. The molecule has 0 saturated heterocycles. The second-order valence-corrected chi connectivity index (χ2v) is 4.55. The van der Waals surface area contributed by atoms with Gasteiger partial charge in [-0.1, -0.05) is 24.3 Å². The van der Waals surface area contributed by atoms with Gasteiger partial charge in [0.25, 0.3) is 0 Å². The highest BCUT2D eigenvalue weighted by atomic mass is 19.4. The van der Waals surface area contributed by atoms with Gasteiger partial charge in [-0.2, -0.15) is 13.2 Å². The molecule has 0 bridgehead atoms. The number of aliphatic hydroxyl groups is 1. The number of benzene rings is 2. The number of rotatable bonds is 2. The van der Waals surface area contributed by atoms with Gasteiger partial charge in [-0.25, -0.2) is 4.39 Å². The maximum Gasteiger partial charge on any atom is 0.416 e. The van der Waals surface area contributed by atoms with Gasteiger partial charge >= 0.3 is 6.18 Å². The number of aliphatic hydroxyl groups excluding tert-OH is 1. The molecule has 20 heavy (non-hydrogen) atoms. The minimum Gasteiger partial charge on any atom is -0.384 e. The van der Waals surface area contributed by atoms with Crippen LogP contribution in [-0.4, -0.2) is 5.11 Å². The van der Waals surface area contributed by atoms with Gasteiger partial charge in [-0.05, 0) is 36.2 Å². The molecule has 0 radical (unpaired) electrons. The highest BCUT2D eigenvalue weighted by Crippen LogP contribution is 2.31. The van der Waals surface area contributed by atoms with Crippen LogP contribution in [0.1, 0.15) is 28.4 Å². The zero-order valence-electron chi connectivity index (χ0n) is 10.6. The van der Waals surface area contributed by atoms with Crippen molar-refractivity contribution in [3.63, 3.8) is 0 Å². The lowest BCUT2D eigenvalue weighted by Gasteiger charge is -2.14. The van der Waals surface area contributed by atoms with Crippen molar-refractivity contribution in [1.82, 2.24) is 0 Å². The molecule has 0 aliphatic heterocycles. The molecule has 0 saturated carbocycles. The van der Waals surface area contributed by atoms with Gasteiger partial charge in [0.15, 0.2) is 0 Å². The van der Waals surface area contributed by atoms with Crippen LogP contribution in [0.15, 0.2) is 42.5 Å². The van der Waals surface area contributed by atoms with E-state index in [1.165, 1.54) is 12.1 Å².